The molecule has 2 fully saturated rings. The Kier molecular flexibility index (Phi) is 3.23. The summed E-state index contributed by atoms with van der Waals surface area (Å²) in [6.45, 7) is 4.38. The number of fused-ring (bicyclic) bond motifs is 1. The summed E-state index contributed by atoms with van der Waals surface area (Å²) in [6, 6.07) is 3.53. The zero-order valence-corrected chi connectivity index (χ0v) is 11.5. The first-order chi connectivity index (χ1) is 8.78. The maximum absolute atomic E-state index is 9.14. The molecule has 96 valence electrons. The molecule has 0 aliphatic carbocycles. The summed E-state index contributed by atoms with van der Waals surface area (Å²) in [5, 5.41) is 13.6. The van der Waals surface area contributed by atoms with E-state index in [1.165, 1.54) is 50.3 Å². The molecule has 0 bridgehead atoms. The Balaban J connectivity index is 1.68. The highest BCUT2D eigenvalue weighted by atomic mass is 32.1. The van der Waals surface area contributed by atoms with E-state index in [2.05, 4.69) is 20.7 Å². The maximum Gasteiger partial charge on any atom is 0.127 e. The van der Waals surface area contributed by atoms with E-state index in [9.17, 15) is 0 Å². The zero-order valence-electron chi connectivity index (χ0n) is 10.6. The Labute approximate surface area is 112 Å². The van der Waals surface area contributed by atoms with Crippen molar-refractivity contribution in [3.05, 3.63) is 11.3 Å². The Morgan fingerprint density at radius 2 is 2.33 bits per heavy atom. The van der Waals surface area contributed by atoms with Gasteiger partial charge in [-0.2, -0.15) is 9.64 Å². The molecule has 3 heterocycles. The molecule has 1 aromatic heterocycles. The van der Waals surface area contributed by atoms with E-state index >= 15 is 0 Å². The van der Waals surface area contributed by atoms with Gasteiger partial charge < -0.3 is 10.2 Å². The van der Waals surface area contributed by atoms with E-state index in [1.807, 2.05) is 6.92 Å². The molecule has 2 atom stereocenters. The molecule has 18 heavy (non-hydrogen) atoms. The number of aromatic nitrogens is 1. The Morgan fingerprint density at radius 1 is 1.44 bits per heavy atom. The fourth-order valence-corrected chi connectivity index (χ4v) is 3.96. The van der Waals surface area contributed by atoms with Gasteiger partial charge in [-0.25, -0.2) is 0 Å². The lowest BCUT2D eigenvalue weighted by atomic mass is 9.97. The van der Waals surface area contributed by atoms with Crippen LogP contribution in [0.2, 0.25) is 0 Å². The molecule has 2 aliphatic rings. The highest BCUT2D eigenvalue weighted by molar-refractivity contribution is 7.10. The van der Waals surface area contributed by atoms with Crippen LogP contribution >= 0.6 is 11.5 Å². The van der Waals surface area contributed by atoms with Gasteiger partial charge in [-0.05, 0) is 50.7 Å². The fraction of sp³-hybridized carbons (Fsp3) is 0.692. The SMILES string of the molecule is Cc1nsc(NC2CCN3CCCC3C2)c1C#N. The largest absolute Gasteiger partial charge is 0.372 e. The van der Waals surface area contributed by atoms with Crippen molar-refractivity contribution in [1.29, 1.82) is 5.26 Å². The van der Waals surface area contributed by atoms with Gasteiger partial charge in [0.15, 0.2) is 0 Å². The van der Waals surface area contributed by atoms with Gasteiger partial charge in [-0.3, -0.25) is 0 Å². The molecular formula is C13H18N4S. The van der Waals surface area contributed by atoms with Crippen molar-refractivity contribution in [2.45, 2.75) is 44.7 Å². The lowest BCUT2D eigenvalue weighted by Crippen LogP contribution is -2.42. The number of anilines is 1. The minimum atomic E-state index is 0.510. The third kappa shape index (κ3) is 2.11. The van der Waals surface area contributed by atoms with Crippen LogP contribution in [0.3, 0.4) is 0 Å². The molecule has 1 aromatic rings. The Hall–Kier alpha value is -1.12. The third-order valence-corrected chi connectivity index (χ3v) is 5.00. The van der Waals surface area contributed by atoms with Crippen LogP contribution < -0.4 is 5.32 Å². The van der Waals surface area contributed by atoms with E-state index in [0.29, 0.717) is 6.04 Å². The predicted molar refractivity (Wildman–Crippen MR) is 72.8 cm³/mol. The van der Waals surface area contributed by atoms with E-state index in [1.54, 1.807) is 0 Å². The van der Waals surface area contributed by atoms with E-state index in [-0.39, 0.29) is 0 Å². The van der Waals surface area contributed by atoms with Gasteiger partial charge in [0.05, 0.1) is 5.69 Å². The molecular weight excluding hydrogens is 244 g/mol. The fourth-order valence-electron chi connectivity index (χ4n) is 3.14. The Bertz CT molecular complexity index is 476. The van der Waals surface area contributed by atoms with Gasteiger partial charge in [0.1, 0.15) is 16.6 Å². The molecule has 0 saturated carbocycles. The molecule has 4 nitrogen and oxygen atoms in total. The second-order valence-electron chi connectivity index (χ2n) is 5.28. The van der Waals surface area contributed by atoms with Gasteiger partial charge in [-0.1, -0.05) is 0 Å². The van der Waals surface area contributed by atoms with Crippen molar-refractivity contribution >= 4 is 16.5 Å². The molecule has 2 saturated heterocycles. The van der Waals surface area contributed by atoms with E-state index in [4.69, 9.17) is 5.26 Å². The first-order valence-electron chi connectivity index (χ1n) is 6.65. The van der Waals surface area contributed by atoms with Gasteiger partial charge in [0, 0.05) is 18.6 Å². The van der Waals surface area contributed by atoms with Crippen LogP contribution in [0.4, 0.5) is 5.00 Å². The number of piperidine rings is 1. The normalized spacial score (nSPS) is 27.8. The first kappa shape index (κ1) is 11.9. The Morgan fingerprint density at radius 3 is 3.17 bits per heavy atom. The standard InChI is InChI=1S/C13H18N4S/c1-9-12(8-14)13(18-16-9)15-10-4-6-17-5-2-3-11(17)7-10/h10-11,15H,2-7H2,1H3. The van der Waals surface area contributed by atoms with Crippen molar-refractivity contribution in [2.75, 3.05) is 18.4 Å². The molecule has 0 spiro atoms. The lowest BCUT2D eigenvalue weighted by Gasteiger charge is -2.35. The van der Waals surface area contributed by atoms with Gasteiger partial charge in [0.25, 0.3) is 0 Å². The summed E-state index contributed by atoms with van der Waals surface area (Å²) >= 11 is 1.42. The quantitative estimate of drug-likeness (QED) is 0.889. The topological polar surface area (TPSA) is 52.0 Å². The molecule has 0 aromatic carbocycles. The summed E-state index contributed by atoms with van der Waals surface area (Å²) in [6.07, 6.45) is 5.08. The van der Waals surface area contributed by atoms with Crippen molar-refractivity contribution in [1.82, 2.24) is 9.27 Å². The molecule has 0 amide bonds. The predicted octanol–water partition coefficient (Wildman–Crippen LogP) is 2.36. The highest BCUT2D eigenvalue weighted by Crippen LogP contribution is 2.31. The van der Waals surface area contributed by atoms with Crippen molar-refractivity contribution in [3.8, 4) is 6.07 Å². The van der Waals surface area contributed by atoms with Crippen molar-refractivity contribution in [2.24, 2.45) is 0 Å². The average Bonchev–Trinajstić information content (AvgIpc) is 2.96. The number of hydrogen-bond acceptors (Lipinski definition) is 5. The van der Waals surface area contributed by atoms with Crippen LogP contribution in [0.1, 0.15) is 36.9 Å². The van der Waals surface area contributed by atoms with Crippen LogP contribution in [0, 0.1) is 18.3 Å². The molecule has 2 unspecified atom stereocenters. The van der Waals surface area contributed by atoms with Crippen molar-refractivity contribution < 1.29 is 0 Å². The summed E-state index contributed by atoms with van der Waals surface area (Å²) in [7, 11) is 0. The maximum atomic E-state index is 9.14. The number of nitriles is 1. The molecule has 0 radical (unpaired) electrons. The molecule has 3 rings (SSSR count). The van der Waals surface area contributed by atoms with E-state index in [0.717, 1.165) is 22.3 Å². The van der Waals surface area contributed by atoms with Crippen LogP contribution in [0.25, 0.3) is 0 Å². The van der Waals surface area contributed by atoms with E-state index < -0.39 is 0 Å². The zero-order chi connectivity index (χ0) is 12.5. The minimum absolute atomic E-state index is 0.510. The number of nitrogens with one attached hydrogen (secondary N) is 1. The van der Waals surface area contributed by atoms with Crippen molar-refractivity contribution in [3.63, 3.8) is 0 Å². The average molecular weight is 262 g/mol. The van der Waals surface area contributed by atoms with Crippen LogP contribution in [-0.4, -0.2) is 34.4 Å². The second-order valence-corrected chi connectivity index (χ2v) is 6.05. The molecule has 5 heteroatoms. The van der Waals surface area contributed by atoms with Crippen LogP contribution in [-0.2, 0) is 0 Å². The lowest BCUT2D eigenvalue weighted by molar-refractivity contribution is 0.188. The smallest absolute Gasteiger partial charge is 0.127 e. The molecule has 2 aliphatic heterocycles. The van der Waals surface area contributed by atoms with Gasteiger partial charge in [-0.15, -0.1) is 0 Å². The van der Waals surface area contributed by atoms with Crippen LogP contribution in [0.5, 0.6) is 0 Å². The highest BCUT2D eigenvalue weighted by Gasteiger charge is 2.32. The third-order valence-electron chi connectivity index (χ3n) is 4.13. The number of rotatable bonds is 2. The van der Waals surface area contributed by atoms with Gasteiger partial charge >= 0.3 is 0 Å². The number of nitrogens with zero attached hydrogens (tertiary/aromatic N) is 3. The van der Waals surface area contributed by atoms with Gasteiger partial charge in [0.2, 0.25) is 0 Å². The second kappa shape index (κ2) is 4.87. The summed E-state index contributed by atoms with van der Waals surface area (Å²) in [5.74, 6) is 0. The minimum Gasteiger partial charge on any atom is -0.372 e. The number of hydrogen-bond donors (Lipinski definition) is 1. The summed E-state index contributed by atoms with van der Waals surface area (Å²) in [5.41, 5.74) is 1.58. The monoisotopic (exact) mass is 262 g/mol. The number of aryl methyl sites for hydroxylation is 1. The summed E-state index contributed by atoms with van der Waals surface area (Å²) < 4.78 is 4.27. The first-order valence-corrected chi connectivity index (χ1v) is 7.42. The molecule has 1 N–H and O–H groups in total. The summed E-state index contributed by atoms with van der Waals surface area (Å²) in [4.78, 5) is 2.61. The van der Waals surface area contributed by atoms with Crippen LogP contribution in [0.15, 0.2) is 0 Å².